The van der Waals surface area contributed by atoms with Gasteiger partial charge in [-0.3, -0.25) is 0 Å². The van der Waals surface area contributed by atoms with Crippen molar-refractivity contribution in [2.45, 2.75) is 36.8 Å². The van der Waals surface area contributed by atoms with Gasteiger partial charge in [0.15, 0.2) is 18.3 Å². The molecule has 5 rings (SSSR count). The van der Waals surface area contributed by atoms with Gasteiger partial charge < -0.3 is 23.7 Å². The zero-order valence-corrected chi connectivity index (χ0v) is 25.7. The van der Waals surface area contributed by atoms with E-state index < -0.39 is 53.7 Å². The minimum Gasteiger partial charge on any atom is -0.459 e. The lowest BCUT2D eigenvalue weighted by molar-refractivity contribution is -0.207. The van der Waals surface area contributed by atoms with E-state index in [1.54, 1.807) is 121 Å². The smallest absolute Gasteiger partial charge is 0.338 e. The van der Waals surface area contributed by atoms with Gasteiger partial charge in [0.1, 0.15) is 18.1 Å². The van der Waals surface area contributed by atoms with Gasteiger partial charge in [-0.05, 0) is 54.3 Å². The normalized spacial score (nSPS) is 20.6. The summed E-state index contributed by atoms with van der Waals surface area (Å²) < 4.78 is 30.0. The van der Waals surface area contributed by atoms with Gasteiger partial charge >= 0.3 is 23.9 Å². The highest BCUT2D eigenvalue weighted by Gasteiger charge is 2.53. The number of benzene rings is 4. The Balaban J connectivity index is 1.52. The van der Waals surface area contributed by atoms with Crippen molar-refractivity contribution in [1.82, 2.24) is 0 Å². The van der Waals surface area contributed by atoms with Crippen molar-refractivity contribution in [3.63, 3.8) is 0 Å². The van der Waals surface area contributed by atoms with E-state index in [9.17, 15) is 19.2 Å². The molecule has 0 saturated carbocycles. The van der Waals surface area contributed by atoms with Crippen LogP contribution in [0.1, 0.15) is 48.4 Å². The van der Waals surface area contributed by atoms with Gasteiger partial charge in [-0.25, -0.2) is 19.2 Å². The monoisotopic (exact) mass is 640 g/mol. The molecule has 0 aliphatic carbocycles. The van der Waals surface area contributed by atoms with E-state index in [2.05, 4.69) is 0 Å². The van der Waals surface area contributed by atoms with Crippen LogP contribution >= 0.6 is 11.8 Å². The SMILES string of the molecule is CCSC1OC(COC(=O)c2ccccc2)[C@@H](OC(=O)c2ccccc2)[C@H](OC(=O)c2ccccc2)C1OC(=O)c1ccccc1. The molecular formula is C36H32O9S. The van der Waals surface area contributed by atoms with Gasteiger partial charge in [-0.15, -0.1) is 11.8 Å². The highest BCUT2D eigenvalue weighted by Crippen LogP contribution is 2.35. The Hall–Kier alpha value is -4.93. The largest absolute Gasteiger partial charge is 0.459 e. The minimum absolute atomic E-state index is 0.235. The van der Waals surface area contributed by atoms with Crippen LogP contribution < -0.4 is 0 Å². The van der Waals surface area contributed by atoms with Crippen molar-refractivity contribution in [2.75, 3.05) is 12.4 Å². The van der Waals surface area contributed by atoms with E-state index in [4.69, 9.17) is 23.7 Å². The summed E-state index contributed by atoms with van der Waals surface area (Å²) in [5.41, 5.74) is 0.184. The van der Waals surface area contributed by atoms with Crippen LogP contribution in [0.3, 0.4) is 0 Å². The molecule has 0 bridgehead atoms. The first kappa shape index (κ1) is 32.5. The molecule has 0 amide bonds. The van der Waals surface area contributed by atoms with Gasteiger partial charge in [0.2, 0.25) is 0 Å². The summed E-state index contributed by atoms with van der Waals surface area (Å²) in [7, 11) is 0. The summed E-state index contributed by atoms with van der Waals surface area (Å²) in [6, 6.07) is 33.3. The Morgan fingerprint density at radius 2 is 0.913 bits per heavy atom. The maximum absolute atomic E-state index is 13.5. The fraction of sp³-hybridized carbons (Fsp3) is 0.222. The van der Waals surface area contributed by atoms with E-state index in [1.165, 1.54) is 11.8 Å². The molecule has 5 atom stereocenters. The maximum atomic E-state index is 13.5. The summed E-state index contributed by atoms with van der Waals surface area (Å²) in [6.07, 6.45) is -4.98. The molecule has 0 aromatic heterocycles. The Morgan fingerprint density at radius 3 is 1.33 bits per heavy atom. The predicted molar refractivity (Wildman–Crippen MR) is 170 cm³/mol. The quantitative estimate of drug-likeness (QED) is 0.143. The van der Waals surface area contributed by atoms with Gasteiger partial charge in [0.25, 0.3) is 0 Å². The molecule has 1 aliphatic heterocycles. The van der Waals surface area contributed by atoms with Crippen molar-refractivity contribution < 1.29 is 42.9 Å². The molecule has 46 heavy (non-hydrogen) atoms. The zero-order chi connectivity index (χ0) is 32.3. The van der Waals surface area contributed by atoms with Crippen LogP contribution in [0.2, 0.25) is 0 Å². The third kappa shape index (κ3) is 8.21. The second-order valence-corrected chi connectivity index (χ2v) is 11.5. The van der Waals surface area contributed by atoms with Crippen LogP contribution in [0, 0.1) is 0 Å². The predicted octanol–water partition coefficient (Wildman–Crippen LogP) is 6.00. The standard InChI is InChI=1S/C36H32O9S/c1-2-46-36-31(45-35(40)27-21-13-6-14-22-27)30(44-34(39)26-19-11-5-12-20-26)29(43-33(38)25-17-9-4-10-18-25)28(42-36)23-41-32(37)24-15-7-3-8-16-24/h3-22,28-31,36H,2,23H2,1H3/t28?,29-,30+,31?,36?/m1/s1. The molecule has 1 saturated heterocycles. The number of ether oxygens (including phenoxy) is 5. The van der Waals surface area contributed by atoms with E-state index in [1.807, 2.05) is 6.92 Å². The molecule has 4 aromatic carbocycles. The number of hydrogen-bond acceptors (Lipinski definition) is 10. The number of hydrogen-bond donors (Lipinski definition) is 0. The molecule has 0 radical (unpaired) electrons. The molecule has 9 nitrogen and oxygen atoms in total. The first-order chi connectivity index (χ1) is 22.4. The van der Waals surface area contributed by atoms with Crippen LogP contribution in [-0.4, -0.2) is 66.1 Å². The Labute approximate surface area is 270 Å². The maximum Gasteiger partial charge on any atom is 0.338 e. The van der Waals surface area contributed by atoms with Crippen molar-refractivity contribution >= 4 is 35.6 Å². The van der Waals surface area contributed by atoms with Crippen LogP contribution in [0.4, 0.5) is 0 Å². The van der Waals surface area contributed by atoms with Gasteiger partial charge in [-0.2, -0.15) is 0 Å². The molecule has 4 aromatic rings. The third-order valence-corrected chi connectivity index (χ3v) is 8.11. The molecule has 0 N–H and O–H groups in total. The summed E-state index contributed by atoms with van der Waals surface area (Å²) in [6.45, 7) is 1.54. The van der Waals surface area contributed by atoms with Crippen LogP contribution in [0.25, 0.3) is 0 Å². The Bertz CT molecular complexity index is 1600. The van der Waals surface area contributed by atoms with Gasteiger partial charge in [0, 0.05) is 0 Å². The first-order valence-corrected chi connectivity index (χ1v) is 15.8. The lowest BCUT2D eigenvalue weighted by Crippen LogP contribution is -2.61. The second kappa shape index (κ2) is 15.9. The Morgan fingerprint density at radius 1 is 0.543 bits per heavy atom. The molecule has 1 aliphatic rings. The highest BCUT2D eigenvalue weighted by atomic mass is 32.2. The average molecular weight is 641 g/mol. The number of esters is 4. The molecule has 1 fully saturated rings. The number of carbonyl (C=O) groups excluding carboxylic acids is 4. The second-order valence-electron chi connectivity index (χ2n) is 10.2. The highest BCUT2D eigenvalue weighted by molar-refractivity contribution is 7.99. The van der Waals surface area contributed by atoms with Crippen LogP contribution in [0.5, 0.6) is 0 Å². The Kier molecular flexibility index (Phi) is 11.2. The van der Waals surface area contributed by atoms with Gasteiger partial charge in [-0.1, -0.05) is 79.7 Å². The van der Waals surface area contributed by atoms with E-state index in [0.29, 0.717) is 11.3 Å². The molecule has 1 heterocycles. The molecule has 3 unspecified atom stereocenters. The topological polar surface area (TPSA) is 114 Å². The molecular weight excluding hydrogens is 608 g/mol. The number of rotatable bonds is 11. The third-order valence-electron chi connectivity index (χ3n) is 7.07. The summed E-state index contributed by atoms with van der Waals surface area (Å²) in [5.74, 6) is -2.22. The van der Waals surface area contributed by atoms with E-state index in [0.717, 1.165) is 0 Å². The first-order valence-electron chi connectivity index (χ1n) is 14.7. The van der Waals surface area contributed by atoms with Crippen molar-refractivity contribution in [2.24, 2.45) is 0 Å². The lowest BCUT2D eigenvalue weighted by Gasteiger charge is -2.44. The van der Waals surface area contributed by atoms with Crippen LogP contribution in [-0.2, 0) is 23.7 Å². The zero-order valence-electron chi connectivity index (χ0n) is 24.9. The molecule has 236 valence electrons. The molecule has 10 heteroatoms. The summed E-state index contributed by atoms with van der Waals surface area (Å²) >= 11 is 1.30. The number of thioether (sulfide) groups is 1. The minimum atomic E-state index is -1.34. The fourth-order valence-electron chi connectivity index (χ4n) is 4.83. The van der Waals surface area contributed by atoms with Crippen molar-refractivity contribution in [1.29, 1.82) is 0 Å². The van der Waals surface area contributed by atoms with Crippen molar-refractivity contribution in [3.05, 3.63) is 144 Å². The van der Waals surface area contributed by atoms with E-state index >= 15 is 0 Å². The van der Waals surface area contributed by atoms with Crippen molar-refractivity contribution in [3.8, 4) is 0 Å². The lowest BCUT2D eigenvalue weighted by atomic mass is 9.98. The van der Waals surface area contributed by atoms with Gasteiger partial charge in [0.05, 0.1) is 22.3 Å². The summed E-state index contributed by atoms with van der Waals surface area (Å²) in [5, 5.41) is 0. The molecule has 0 spiro atoms. The fourth-order valence-corrected chi connectivity index (χ4v) is 5.78. The number of carbonyl (C=O) groups is 4. The van der Waals surface area contributed by atoms with Crippen LogP contribution in [0.15, 0.2) is 121 Å². The summed E-state index contributed by atoms with van der Waals surface area (Å²) in [4.78, 5) is 53.2. The van der Waals surface area contributed by atoms with E-state index in [-0.39, 0.29) is 23.3 Å². The average Bonchev–Trinajstić information content (AvgIpc) is 3.11.